The van der Waals surface area contributed by atoms with E-state index >= 15 is 0 Å². The maximum absolute atomic E-state index is 13.3. The smallest absolute Gasteiger partial charge is 0.273 e. The van der Waals surface area contributed by atoms with Crippen molar-refractivity contribution in [1.82, 2.24) is 5.43 Å². The zero-order valence-electron chi connectivity index (χ0n) is 23.1. The second kappa shape index (κ2) is 15.2. The highest BCUT2D eigenvalue weighted by Crippen LogP contribution is 2.27. The molecule has 0 spiro atoms. The standard InChI is InChI=1S/C31H36N4O5S/c1-40-27-11-8-22(9-12-27)18-32-34-31(39)28-17-25(35-14-3-2-4-15-35)10-13-29(28)33-30(38)24-7-5-6-23(16-24)20-41-21-26(37)19-36/h5-13,16-18,26,36-37H,2-4,14-15,19-21H2,1H3,(H,33,38)(H,34,39). The van der Waals surface area contributed by atoms with Gasteiger partial charge in [0.05, 0.1) is 37.3 Å². The van der Waals surface area contributed by atoms with Crippen LogP contribution in [0, 0.1) is 0 Å². The number of nitrogens with zero attached hydrogens (tertiary/aromatic N) is 2. The molecule has 10 heteroatoms. The number of hydrazone groups is 1. The van der Waals surface area contributed by atoms with Crippen LogP contribution >= 0.6 is 11.8 Å². The Morgan fingerprint density at radius 2 is 1.83 bits per heavy atom. The molecular weight excluding hydrogens is 540 g/mol. The van der Waals surface area contributed by atoms with Gasteiger partial charge in [0.1, 0.15) is 5.75 Å². The van der Waals surface area contributed by atoms with Gasteiger partial charge in [0.25, 0.3) is 11.8 Å². The number of rotatable bonds is 12. The molecule has 0 bridgehead atoms. The number of ether oxygens (including phenoxy) is 1. The van der Waals surface area contributed by atoms with Crippen LogP contribution in [-0.4, -0.2) is 66.9 Å². The fourth-order valence-corrected chi connectivity index (χ4v) is 5.37. The molecule has 1 fully saturated rings. The number of carbonyl (C=O) groups excluding carboxylic acids is 2. The van der Waals surface area contributed by atoms with Crippen molar-refractivity contribution in [2.45, 2.75) is 31.1 Å². The molecule has 41 heavy (non-hydrogen) atoms. The number of nitrogens with one attached hydrogen (secondary N) is 2. The normalized spacial score (nSPS) is 14.1. The number of thioether (sulfide) groups is 1. The van der Waals surface area contributed by atoms with Crippen molar-refractivity contribution in [2.75, 3.05) is 42.8 Å². The number of piperidine rings is 1. The molecule has 0 aliphatic carbocycles. The first kappa shape index (κ1) is 30.1. The van der Waals surface area contributed by atoms with E-state index in [2.05, 4.69) is 20.7 Å². The van der Waals surface area contributed by atoms with Crippen LogP contribution in [0.25, 0.3) is 0 Å². The number of carbonyl (C=O) groups is 2. The minimum absolute atomic E-state index is 0.283. The largest absolute Gasteiger partial charge is 0.497 e. The summed E-state index contributed by atoms with van der Waals surface area (Å²) in [4.78, 5) is 28.8. The van der Waals surface area contributed by atoms with E-state index in [1.54, 1.807) is 43.7 Å². The Kier molecular flexibility index (Phi) is 11.2. The lowest BCUT2D eigenvalue weighted by atomic mass is 10.1. The molecule has 1 aliphatic heterocycles. The van der Waals surface area contributed by atoms with E-state index in [1.165, 1.54) is 18.2 Å². The van der Waals surface area contributed by atoms with Gasteiger partial charge >= 0.3 is 0 Å². The van der Waals surface area contributed by atoms with E-state index in [1.807, 2.05) is 36.4 Å². The van der Waals surface area contributed by atoms with Crippen LogP contribution < -0.4 is 20.4 Å². The zero-order valence-corrected chi connectivity index (χ0v) is 23.9. The number of hydrogen-bond donors (Lipinski definition) is 4. The van der Waals surface area contributed by atoms with Gasteiger partial charge in [-0.1, -0.05) is 12.1 Å². The van der Waals surface area contributed by atoms with Crippen LogP contribution in [0.3, 0.4) is 0 Å². The monoisotopic (exact) mass is 576 g/mol. The van der Waals surface area contributed by atoms with E-state index in [0.29, 0.717) is 28.3 Å². The van der Waals surface area contributed by atoms with E-state index in [-0.39, 0.29) is 12.5 Å². The fraction of sp³-hybridized carbons (Fsp3) is 0.323. The van der Waals surface area contributed by atoms with Gasteiger partial charge < -0.3 is 25.2 Å². The maximum atomic E-state index is 13.3. The van der Waals surface area contributed by atoms with Crippen LogP contribution in [0.2, 0.25) is 0 Å². The van der Waals surface area contributed by atoms with Gasteiger partial charge in [0.2, 0.25) is 0 Å². The second-order valence-electron chi connectivity index (χ2n) is 9.76. The van der Waals surface area contributed by atoms with Crippen LogP contribution in [0.1, 0.15) is 51.1 Å². The van der Waals surface area contributed by atoms with Crippen LogP contribution in [0.5, 0.6) is 5.75 Å². The number of hydrogen-bond acceptors (Lipinski definition) is 8. The summed E-state index contributed by atoms with van der Waals surface area (Å²) in [5.41, 5.74) is 6.39. The molecule has 0 aromatic heterocycles. The van der Waals surface area contributed by atoms with Gasteiger partial charge in [-0.15, -0.1) is 0 Å². The number of aliphatic hydroxyl groups excluding tert-OH is 2. The number of methoxy groups -OCH3 is 1. The molecule has 4 rings (SSSR count). The predicted octanol–water partition coefficient (Wildman–Crippen LogP) is 4.29. The van der Waals surface area contributed by atoms with Gasteiger partial charge in [-0.25, -0.2) is 5.43 Å². The van der Waals surface area contributed by atoms with Crippen molar-refractivity contribution in [2.24, 2.45) is 5.10 Å². The first-order valence-corrected chi connectivity index (χ1v) is 14.8. The quantitative estimate of drug-likeness (QED) is 0.187. The summed E-state index contributed by atoms with van der Waals surface area (Å²) >= 11 is 1.47. The Morgan fingerprint density at radius 1 is 1.05 bits per heavy atom. The van der Waals surface area contributed by atoms with Crippen molar-refractivity contribution >= 4 is 41.2 Å². The maximum Gasteiger partial charge on any atom is 0.273 e. The lowest BCUT2D eigenvalue weighted by Gasteiger charge is -2.29. The van der Waals surface area contributed by atoms with Gasteiger partial charge in [-0.05, 0) is 85.0 Å². The Labute approximate surface area is 244 Å². The number of amides is 2. The summed E-state index contributed by atoms with van der Waals surface area (Å²) in [7, 11) is 1.60. The third-order valence-corrected chi connectivity index (χ3v) is 7.85. The Morgan fingerprint density at radius 3 is 2.56 bits per heavy atom. The molecule has 1 heterocycles. The molecule has 9 nitrogen and oxygen atoms in total. The van der Waals surface area contributed by atoms with Crippen molar-refractivity contribution in [3.8, 4) is 5.75 Å². The molecular formula is C31H36N4O5S. The van der Waals surface area contributed by atoms with Crippen LogP contribution in [0.4, 0.5) is 11.4 Å². The molecule has 2 amide bonds. The molecule has 3 aromatic carbocycles. The highest BCUT2D eigenvalue weighted by Gasteiger charge is 2.19. The zero-order chi connectivity index (χ0) is 29.0. The van der Waals surface area contributed by atoms with Crippen LogP contribution in [-0.2, 0) is 5.75 Å². The Bertz CT molecular complexity index is 1340. The molecule has 216 valence electrons. The van der Waals surface area contributed by atoms with E-state index in [4.69, 9.17) is 9.84 Å². The summed E-state index contributed by atoms with van der Waals surface area (Å²) < 4.78 is 5.17. The highest BCUT2D eigenvalue weighted by atomic mass is 32.2. The average Bonchev–Trinajstić information content (AvgIpc) is 3.02. The second-order valence-corrected chi connectivity index (χ2v) is 10.8. The number of benzene rings is 3. The Balaban J connectivity index is 1.50. The third-order valence-electron chi connectivity index (χ3n) is 6.69. The van der Waals surface area contributed by atoms with Crippen molar-refractivity contribution in [3.05, 3.63) is 89.0 Å². The molecule has 1 atom stereocenters. The number of aliphatic hydroxyl groups is 2. The molecule has 3 aromatic rings. The lowest BCUT2D eigenvalue weighted by molar-refractivity contribution is 0.0956. The van der Waals surface area contributed by atoms with Crippen molar-refractivity contribution in [1.29, 1.82) is 0 Å². The molecule has 0 saturated carbocycles. The molecule has 1 unspecified atom stereocenters. The fourth-order valence-electron chi connectivity index (χ4n) is 4.46. The topological polar surface area (TPSA) is 123 Å². The SMILES string of the molecule is COc1ccc(C=NNC(=O)c2cc(N3CCCCC3)ccc2NC(=O)c2cccc(CSCC(O)CO)c2)cc1. The average molecular weight is 577 g/mol. The van der Waals surface area contributed by atoms with Crippen molar-refractivity contribution < 1.29 is 24.5 Å². The van der Waals surface area contributed by atoms with E-state index in [0.717, 1.165) is 48.5 Å². The molecule has 0 radical (unpaired) electrons. The minimum atomic E-state index is -0.774. The third kappa shape index (κ3) is 8.81. The minimum Gasteiger partial charge on any atom is -0.497 e. The number of anilines is 2. The Hall–Kier alpha value is -3.86. The van der Waals surface area contributed by atoms with E-state index in [9.17, 15) is 14.7 Å². The van der Waals surface area contributed by atoms with Gasteiger partial charge in [0, 0.05) is 35.8 Å². The van der Waals surface area contributed by atoms with Gasteiger partial charge in [-0.3, -0.25) is 9.59 Å². The molecule has 4 N–H and O–H groups in total. The summed E-state index contributed by atoms with van der Waals surface area (Å²) in [5.74, 6) is 0.939. The lowest BCUT2D eigenvalue weighted by Crippen LogP contribution is -2.30. The van der Waals surface area contributed by atoms with Gasteiger partial charge in [-0.2, -0.15) is 16.9 Å². The summed E-state index contributed by atoms with van der Waals surface area (Å²) in [6, 6.07) is 20.0. The van der Waals surface area contributed by atoms with Gasteiger partial charge in [0.15, 0.2) is 0 Å². The summed E-state index contributed by atoms with van der Waals surface area (Å²) in [6.45, 7) is 1.56. The molecule has 1 aliphatic rings. The predicted molar refractivity (Wildman–Crippen MR) is 164 cm³/mol. The van der Waals surface area contributed by atoms with Crippen molar-refractivity contribution in [3.63, 3.8) is 0 Å². The van der Waals surface area contributed by atoms with Crippen LogP contribution in [0.15, 0.2) is 71.8 Å². The first-order valence-electron chi connectivity index (χ1n) is 13.6. The highest BCUT2D eigenvalue weighted by molar-refractivity contribution is 7.98. The summed E-state index contributed by atoms with van der Waals surface area (Å²) in [6.07, 6.45) is 4.16. The first-order chi connectivity index (χ1) is 20.0. The summed E-state index contributed by atoms with van der Waals surface area (Å²) in [5, 5.41) is 25.6. The van der Waals surface area contributed by atoms with E-state index < -0.39 is 12.0 Å². The molecule has 1 saturated heterocycles.